The van der Waals surface area contributed by atoms with Crippen LogP contribution in [-0.2, 0) is 4.79 Å². The molecule has 1 unspecified atom stereocenters. The molecule has 0 fully saturated rings. The number of carbonyl (C=O) groups is 1. The Balaban J connectivity index is 2.39. The van der Waals surface area contributed by atoms with Crippen molar-refractivity contribution in [2.45, 2.75) is 13.0 Å². The maximum atomic E-state index is 10.2. The molecule has 0 aromatic carbocycles. The van der Waals surface area contributed by atoms with E-state index in [-0.39, 0.29) is 12.6 Å². The average Bonchev–Trinajstić information content (AvgIpc) is 2.51. The van der Waals surface area contributed by atoms with Gasteiger partial charge in [0.25, 0.3) is 0 Å². The molecule has 0 aliphatic rings. The summed E-state index contributed by atoms with van der Waals surface area (Å²) in [5.41, 5.74) is 1.14. The van der Waals surface area contributed by atoms with Crippen LogP contribution in [0.2, 0.25) is 0 Å². The van der Waals surface area contributed by atoms with E-state index < -0.39 is 5.97 Å². The second-order valence-corrected chi connectivity index (χ2v) is 3.33. The monoisotopic (exact) mass is 185 g/mol. The van der Waals surface area contributed by atoms with Gasteiger partial charge in [-0.15, -0.1) is 0 Å². The van der Waals surface area contributed by atoms with Crippen molar-refractivity contribution >= 4 is 17.3 Å². The Bertz CT molecular complexity index is 246. The molecular weight excluding hydrogens is 174 g/mol. The van der Waals surface area contributed by atoms with E-state index in [0.29, 0.717) is 0 Å². The molecule has 66 valence electrons. The first-order valence-electron chi connectivity index (χ1n) is 3.67. The molecule has 4 heteroatoms. The van der Waals surface area contributed by atoms with E-state index in [0.717, 1.165) is 5.56 Å². The lowest BCUT2D eigenvalue weighted by atomic mass is 10.2. The highest BCUT2D eigenvalue weighted by Crippen LogP contribution is 2.14. The lowest BCUT2D eigenvalue weighted by Crippen LogP contribution is -2.25. The Morgan fingerprint density at radius 1 is 1.83 bits per heavy atom. The molecule has 0 aliphatic carbocycles. The minimum atomic E-state index is -0.822. The number of thiophene rings is 1. The Morgan fingerprint density at radius 2 is 2.58 bits per heavy atom. The van der Waals surface area contributed by atoms with E-state index in [4.69, 9.17) is 5.11 Å². The zero-order chi connectivity index (χ0) is 8.97. The number of rotatable bonds is 4. The molecule has 0 saturated carbocycles. The van der Waals surface area contributed by atoms with Crippen LogP contribution in [0.1, 0.15) is 18.5 Å². The van der Waals surface area contributed by atoms with Crippen LogP contribution in [0.25, 0.3) is 0 Å². The minimum Gasteiger partial charge on any atom is -0.480 e. The number of nitrogens with one attached hydrogen (secondary N) is 1. The fourth-order valence-corrected chi connectivity index (χ4v) is 1.63. The van der Waals surface area contributed by atoms with E-state index in [2.05, 4.69) is 5.32 Å². The van der Waals surface area contributed by atoms with E-state index in [1.807, 2.05) is 23.8 Å². The van der Waals surface area contributed by atoms with E-state index in [9.17, 15) is 4.79 Å². The predicted octanol–water partition coefficient (Wildman–Crippen LogP) is 1.48. The molecule has 2 N–H and O–H groups in total. The number of hydrogen-bond donors (Lipinski definition) is 2. The second kappa shape index (κ2) is 4.23. The Morgan fingerprint density at radius 3 is 3.08 bits per heavy atom. The number of carboxylic acids is 1. The summed E-state index contributed by atoms with van der Waals surface area (Å²) in [4.78, 5) is 10.2. The number of carboxylic acid groups (broad SMARTS) is 1. The highest BCUT2D eigenvalue weighted by Gasteiger charge is 2.05. The molecule has 0 aliphatic heterocycles. The number of aliphatic carboxylic acids is 1. The zero-order valence-corrected chi connectivity index (χ0v) is 7.60. The van der Waals surface area contributed by atoms with E-state index in [1.165, 1.54) is 0 Å². The summed E-state index contributed by atoms with van der Waals surface area (Å²) in [6, 6.07) is 2.11. The minimum absolute atomic E-state index is 0.0109. The van der Waals surface area contributed by atoms with Gasteiger partial charge in [0.2, 0.25) is 0 Å². The highest BCUT2D eigenvalue weighted by atomic mass is 32.1. The van der Waals surface area contributed by atoms with Crippen LogP contribution in [0, 0.1) is 0 Å². The molecular formula is C8H11NO2S. The summed E-state index contributed by atoms with van der Waals surface area (Å²) in [5.74, 6) is -0.822. The van der Waals surface area contributed by atoms with Crippen LogP contribution in [0.15, 0.2) is 16.8 Å². The summed E-state index contributed by atoms with van der Waals surface area (Å²) in [5, 5.41) is 15.3. The third-order valence-electron chi connectivity index (χ3n) is 1.60. The van der Waals surface area contributed by atoms with Crippen LogP contribution >= 0.6 is 11.3 Å². The van der Waals surface area contributed by atoms with Crippen molar-refractivity contribution in [1.29, 1.82) is 0 Å². The first kappa shape index (κ1) is 9.22. The van der Waals surface area contributed by atoms with Crippen LogP contribution in [0.5, 0.6) is 0 Å². The van der Waals surface area contributed by atoms with Gasteiger partial charge in [0.1, 0.15) is 0 Å². The Kier molecular flexibility index (Phi) is 3.25. The molecule has 3 nitrogen and oxygen atoms in total. The van der Waals surface area contributed by atoms with E-state index in [1.54, 1.807) is 11.3 Å². The quantitative estimate of drug-likeness (QED) is 0.747. The smallest absolute Gasteiger partial charge is 0.317 e. The van der Waals surface area contributed by atoms with Crippen molar-refractivity contribution in [3.8, 4) is 0 Å². The molecule has 1 heterocycles. The molecule has 0 radical (unpaired) electrons. The average molecular weight is 185 g/mol. The van der Waals surface area contributed by atoms with Gasteiger partial charge in [0.05, 0.1) is 6.54 Å². The van der Waals surface area contributed by atoms with Crippen LogP contribution in [0.4, 0.5) is 0 Å². The molecule has 1 atom stereocenters. The first-order chi connectivity index (χ1) is 5.70. The Labute approximate surface area is 75.0 Å². The second-order valence-electron chi connectivity index (χ2n) is 2.55. The van der Waals surface area contributed by atoms with Gasteiger partial charge >= 0.3 is 5.97 Å². The maximum Gasteiger partial charge on any atom is 0.317 e. The van der Waals surface area contributed by atoms with Crippen molar-refractivity contribution in [2.75, 3.05) is 6.54 Å². The van der Waals surface area contributed by atoms with Crippen molar-refractivity contribution in [2.24, 2.45) is 0 Å². The van der Waals surface area contributed by atoms with Crippen molar-refractivity contribution in [1.82, 2.24) is 5.32 Å². The van der Waals surface area contributed by atoms with Gasteiger partial charge in [0.15, 0.2) is 0 Å². The molecule has 0 bridgehead atoms. The molecule has 1 aromatic rings. The summed E-state index contributed by atoms with van der Waals surface area (Å²) in [7, 11) is 0. The van der Waals surface area contributed by atoms with Gasteiger partial charge in [-0.25, -0.2) is 0 Å². The SMILES string of the molecule is CC(NCC(=O)O)c1ccsc1. The van der Waals surface area contributed by atoms with Crippen molar-refractivity contribution < 1.29 is 9.90 Å². The van der Waals surface area contributed by atoms with E-state index >= 15 is 0 Å². The summed E-state index contributed by atoms with van der Waals surface area (Å²) in [6.07, 6.45) is 0. The Hall–Kier alpha value is -0.870. The zero-order valence-electron chi connectivity index (χ0n) is 6.78. The fraction of sp³-hybridized carbons (Fsp3) is 0.375. The van der Waals surface area contributed by atoms with Gasteiger partial charge in [-0.1, -0.05) is 0 Å². The van der Waals surface area contributed by atoms with Gasteiger partial charge in [-0.05, 0) is 29.3 Å². The van der Waals surface area contributed by atoms with Crippen LogP contribution in [0.3, 0.4) is 0 Å². The third kappa shape index (κ3) is 2.64. The largest absolute Gasteiger partial charge is 0.480 e. The normalized spacial score (nSPS) is 12.8. The molecule has 1 aromatic heterocycles. The fourth-order valence-electron chi connectivity index (χ4n) is 0.880. The lowest BCUT2D eigenvalue weighted by Gasteiger charge is -2.09. The molecule has 0 spiro atoms. The van der Waals surface area contributed by atoms with Crippen LogP contribution in [-0.4, -0.2) is 17.6 Å². The van der Waals surface area contributed by atoms with Crippen molar-refractivity contribution in [3.05, 3.63) is 22.4 Å². The third-order valence-corrected chi connectivity index (χ3v) is 2.30. The van der Waals surface area contributed by atoms with Crippen molar-refractivity contribution in [3.63, 3.8) is 0 Å². The molecule has 12 heavy (non-hydrogen) atoms. The van der Waals surface area contributed by atoms with Gasteiger partial charge in [-0.3, -0.25) is 4.79 Å². The van der Waals surface area contributed by atoms with Gasteiger partial charge < -0.3 is 10.4 Å². The standard InChI is InChI=1S/C8H11NO2S/c1-6(9-4-8(10)11)7-2-3-12-5-7/h2-3,5-6,9H,4H2,1H3,(H,10,11). The summed E-state index contributed by atoms with van der Waals surface area (Å²) in [6.45, 7) is 1.96. The topological polar surface area (TPSA) is 49.3 Å². The molecule has 1 rings (SSSR count). The lowest BCUT2D eigenvalue weighted by molar-refractivity contribution is -0.136. The first-order valence-corrected chi connectivity index (χ1v) is 4.61. The predicted molar refractivity (Wildman–Crippen MR) is 48.4 cm³/mol. The van der Waals surface area contributed by atoms with Gasteiger partial charge in [-0.2, -0.15) is 11.3 Å². The van der Waals surface area contributed by atoms with Gasteiger partial charge in [0, 0.05) is 6.04 Å². The highest BCUT2D eigenvalue weighted by molar-refractivity contribution is 7.07. The maximum absolute atomic E-state index is 10.2. The summed E-state index contributed by atoms with van der Waals surface area (Å²) >= 11 is 1.61. The number of hydrogen-bond acceptors (Lipinski definition) is 3. The molecule has 0 amide bonds. The molecule has 0 saturated heterocycles. The summed E-state index contributed by atoms with van der Waals surface area (Å²) < 4.78 is 0. The van der Waals surface area contributed by atoms with Crippen LogP contribution < -0.4 is 5.32 Å².